The van der Waals surface area contributed by atoms with Gasteiger partial charge in [-0.25, -0.2) is 4.98 Å². The molecule has 1 aliphatic rings. The van der Waals surface area contributed by atoms with Crippen molar-refractivity contribution in [3.05, 3.63) is 18.3 Å². The molecule has 2 rings (SSSR count). The van der Waals surface area contributed by atoms with Crippen LogP contribution in [0.15, 0.2) is 18.3 Å². The molecule has 1 aromatic heterocycles. The first-order valence-electron chi connectivity index (χ1n) is 5.83. The number of aromatic hydroxyl groups is 1. The summed E-state index contributed by atoms with van der Waals surface area (Å²) in [6, 6.07) is 3.09. The molecule has 1 aliphatic heterocycles. The summed E-state index contributed by atoms with van der Waals surface area (Å²) in [6.07, 6.45) is 2.23. The predicted octanol–water partition coefficient (Wildman–Crippen LogP) is 0.352. The van der Waals surface area contributed by atoms with E-state index in [0.717, 1.165) is 6.54 Å². The summed E-state index contributed by atoms with van der Waals surface area (Å²) in [4.78, 5) is 16.2. The maximum Gasteiger partial charge on any atom is 0.235 e. The molecule has 18 heavy (non-hydrogen) atoms. The van der Waals surface area contributed by atoms with Gasteiger partial charge in [0, 0.05) is 19.9 Å². The minimum absolute atomic E-state index is 0.0376. The molecule has 1 amide bonds. The predicted molar refractivity (Wildman–Crippen MR) is 66.3 cm³/mol. The van der Waals surface area contributed by atoms with E-state index in [0.29, 0.717) is 19.6 Å². The van der Waals surface area contributed by atoms with Gasteiger partial charge in [0.25, 0.3) is 0 Å². The smallest absolute Gasteiger partial charge is 0.235 e. The van der Waals surface area contributed by atoms with E-state index in [1.165, 1.54) is 12.3 Å². The molecule has 0 spiro atoms. The number of anilines is 1. The monoisotopic (exact) mass is 251 g/mol. The van der Waals surface area contributed by atoms with Crippen LogP contribution < -0.4 is 10.6 Å². The van der Waals surface area contributed by atoms with E-state index < -0.39 is 5.41 Å². The normalized spacial score (nSPS) is 22.9. The molecular formula is C12H17N3O3. The van der Waals surface area contributed by atoms with Crippen molar-refractivity contribution in [1.82, 2.24) is 10.3 Å². The molecule has 0 bridgehead atoms. The van der Waals surface area contributed by atoms with Crippen molar-refractivity contribution in [2.45, 2.75) is 6.42 Å². The van der Waals surface area contributed by atoms with Gasteiger partial charge in [0.05, 0.1) is 12.0 Å². The second kappa shape index (κ2) is 5.32. The molecule has 1 saturated heterocycles. The van der Waals surface area contributed by atoms with Gasteiger partial charge in [-0.3, -0.25) is 4.79 Å². The summed E-state index contributed by atoms with van der Waals surface area (Å²) < 4.78 is 5.13. The molecule has 0 aromatic carbocycles. The maximum absolute atomic E-state index is 12.3. The number of methoxy groups -OCH3 is 1. The van der Waals surface area contributed by atoms with Crippen molar-refractivity contribution in [3.8, 4) is 5.75 Å². The zero-order valence-electron chi connectivity index (χ0n) is 10.3. The number of amides is 1. The highest BCUT2D eigenvalue weighted by Gasteiger charge is 2.41. The van der Waals surface area contributed by atoms with E-state index in [9.17, 15) is 9.90 Å². The number of hydrogen-bond donors (Lipinski definition) is 3. The molecule has 0 radical (unpaired) electrons. The van der Waals surface area contributed by atoms with Gasteiger partial charge in [0.2, 0.25) is 5.91 Å². The largest absolute Gasteiger partial charge is 0.504 e. The molecule has 6 nitrogen and oxygen atoms in total. The summed E-state index contributed by atoms with van der Waals surface area (Å²) >= 11 is 0. The van der Waals surface area contributed by atoms with Gasteiger partial charge in [-0.15, -0.1) is 0 Å². The number of pyridine rings is 1. The van der Waals surface area contributed by atoms with Gasteiger partial charge in [-0.2, -0.15) is 0 Å². The Morgan fingerprint density at radius 3 is 3.17 bits per heavy atom. The second-order valence-corrected chi connectivity index (χ2v) is 4.47. The third-order valence-electron chi connectivity index (χ3n) is 3.16. The number of ether oxygens (including phenoxy) is 1. The van der Waals surface area contributed by atoms with Crippen molar-refractivity contribution in [3.63, 3.8) is 0 Å². The van der Waals surface area contributed by atoms with Crippen LogP contribution in [-0.2, 0) is 9.53 Å². The highest BCUT2D eigenvalue weighted by Crippen LogP contribution is 2.29. The molecule has 98 valence electrons. The number of aromatic nitrogens is 1. The lowest BCUT2D eigenvalue weighted by Crippen LogP contribution is -2.42. The van der Waals surface area contributed by atoms with E-state index in [1.807, 2.05) is 0 Å². The second-order valence-electron chi connectivity index (χ2n) is 4.47. The number of rotatable bonds is 4. The first-order chi connectivity index (χ1) is 8.68. The summed E-state index contributed by atoms with van der Waals surface area (Å²) in [5.74, 6) is -0.0300. The lowest BCUT2D eigenvalue weighted by atomic mass is 9.87. The summed E-state index contributed by atoms with van der Waals surface area (Å²) in [7, 11) is 1.57. The fourth-order valence-electron chi connectivity index (χ4n) is 2.14. The van der Waals surface area contributed by atoms with Crippen LogP contribution in [0.25, 0.3) is 0 Å². The quantitative estimate of drug-likeness (QED) is 0.719. The van der Waals surface area contributed by atoms with E-state index >= 15 is 0 Å². The third-order valence-corrected chi connectivity index (χ3v) is 3.16. The third kappa shape index (κ3) is 2.44. The first-order valence-corrected chi connectivity index (χ1v) is 5.83. The number of carbonyl (C=O) groups is 1. The molecule has 1 unspecified atom stereocenters. The Balaban J connectivity index is 2.13. The van der Waals surface area contributed by atoms with Gasteiger partial charge in [-0.05, 0) is 25.1 Å². The van der Waals surface area contributed by atoms with Crippen molar-refractivity contribution in [2.75, 3.05) is 32.1 Å². The van der Waals surface area contributed by atoms with Crippen LogP contribution in [0.3, 0.4) is 0 Å². The topological polar surface area (TPSA) is 83.5 Å². The Bertz CT molecular complexity index is 430. The molecule has 1 fully saturated rings. The van der Waals surface area contributed by atoms with Crippen molar-refractivity contribution < 1.29 is 14.6 Å². The van der Waals surface area contributed by atoms with Crippen LogP contribution in [0.5, 0.6) is 5.75 Å². The lowest BCUT2D eigenvalue weighted by Gasteiger charge is -2.25. The van der Waals surface area contributed by atoms with Crippen LogP contribution >= 0.6 is 0 Å². The fourth-order valence-corrected chi connectivity index (χ4v) is 2.14. The zero-order valence-corrected chi connectivity index (χ0v) is 10.3. The van der Waals surface area contributed by atoms with Gasteiger partial charge >= 0.3 is 0 Å². The summed E-state index contributed by atoms with van der Waals surface area (Å²) in [5, 5.41) is 15.4. The van der Waals surface area contributed by atoms with E-state index in [-0.39, 0.29) is 17.5 Å². The number of nitrogens with one attached hydrogen (secondary N) is 2. The van der Waals surface area contributed by atoms with Crippen molar-refractivity contribution in [2.24, 2.45) is 5.41 Å². The van der Waals surface area contributed by atoms with Gasteiger partial charge in [-0.1, -0.05) is 0 Å². The Morgan fingerprint density at radius 1 is 1.72 bits per heavy atom. The first kappa shape index (κ1) is 12.8. The SMILES string of the molecule is COCC1(C(=O)Nc2ncccc2O)CCNC1. The Labute approximate surface area is 105 Å². The molecule has 1 atom stereocenters. The average molecular weight is 251 g/mol. The molecule has 6 heteroatoms. The molecule has 2 heterocycles. The Kier molecular flexibility index (Phi) is 3.78. The van der Waals surface area contributed by atoms with Crippen LogP contribution in [0, 0.1) is 5.41 Å². The Morgan fingerprint density at radius 2 is 2.56 bits per heavy atom. The molecule has 3 N–H and O–H groups in total. The number of nitrogens with zero attached hydrogens (tertiary/aromatic N) is 1. The van der Waals surface area contributed by atoms with Crippen molar-refractivity contribution in [1.29, 1.82) is 0 Å². The van der Waals surface area contributed by atoms with Gasteiger partial charge < -0.3 is 20.5 Å². The Hall–Kier alpha value is -1.66. The van der Waals surface area contributed by atoms with Crippen molar-refractivity contribution >= 4 is 11.7 Å². The van der Waals surface area contributed by atoms with Gasteiger partial charge in [0.1, 0.15) is 0 Å². The molecular weight excluding hydrogens is 234 g/mol. The van der Waals surface area contributed by atoms with E-state index in [2.05, 4.69) is 15.6 Å². The minimum atomic E-state index is -0.585. The lowest BCUT2D eigenvalue weighted by molar-refractivity contribution is -0.127. The minimum Gasteiger partial charge on any atom is -0.504 e. The zero-order chi connectivity index (χ0) is 13.0. The summed E-state index contributed by atoms with van der Waals surface area (Å²) in [5.41, 5.74) is -0.585. The number of hydrogen-bond acceptors (Lipinski definition) is 5. The highest BCUT2D eigenvalue weighted by molar-refractivity contribution is 5.96. The van der Waals surface area contributed by atoms with E-state index in [4.69, 9.17) is 4.74 Å². The standard InChI is InChI=1S/C12H17N3O3/c1-18-8-12(4-6-13-7-12)11(17)15-10-9(16)3-2-5-14-10/h2-3,5,13,16H,4,6-8H2,1H3,(H,14,15,17). The number of carbonyl (C=O) groups excluding carboxylic acids is 1. The van der Waals surface area contributed by atoms with Crippen LogP contribution in [0.4, 0.5) is 5.82 Å². The maximum atomic E-state index is 12.3. The summed E-state index contributed by atoms with van der Waals surface area (Å²) in [6.45, 7) is 1.70. The molecule has 1 aromatic rings. The molecule has 0 saturated carbocycles. The highest BCUT2D eigenvalue weighted by atomic mass is 16.5. The van der Waals surface area contributed by atoms with Gasteiger partial charge in [0.15, 0.2) is 11.6 Å². The fraction of sp³-hybridized carbons (Fsp3) is 0.500. The van der Waals surface area contributed by atoms with Crippen LogP contribution in [-0.4, -0.2) is 42.8 Å². The van der Waals surface area contributed by atoms with E-state index in [1.54, 1.807) is 13.2 Å². The molecule has 0 aliphatic carbocycles. The van der Waals surface area contributed by atoms with Crippen LogP contribution in [0.2, 0.25) is 0 Å². The van der Waals surface area contributed by atoms with Crippen LogP contribution in [0.1, 0.15) is 6.42 Å². The average Bonchev–Trinajstić information content (AvgIpc) is 2.82.